The van der Waals surface area contributed by atoms with Gasteiger partial charge in [-0.2, -0.15) is 18.3 Å². The summed E-state index contributed by atoms with van der Waals surface area (Å²) in [5.41, 5.74) is 3.47. The standard InChI is InChI=1S/C27H26Cl3N5O2.C2HF3O2/c28-21-7-5-18(27(36)31-9-2-10-34-11-13-37-14-12-34)16-25(21)35-24-8-6-20(15-19(24)17-32-35)33-26-22(29)3-1-4-23(26)30;3-2(4,5)1(6)7/h1,3-8,15-17,33H,2,9-14H2,(H,31,36);(H,6,7). The Morgan fingerprint density at radius 3 is 2.32 bits per heavy atom. The zero-order valence-electron chi connectivity index (χ0n) is 23.0. The number of carbonyl (C=O) groups is 2. The highest BCUT2D eigenvalue weighted by molar-refractivity contribution is 6.39. The normalized spacial score (nSPS) is 13.7. The molecule has 1 aromatic heterocycles. The van der Waals surface area contributed by atoms with E-state index in [-0.39, 0.29) is 5.91 Å². The average Bonchev–Trinajstić information content (AvgIpc) is 3.41. The molecule has 234 valence electrons. The minimum absolute atomic E-state index is 0.139. The topological polar surface area (TPSA) is 109 Å². The summed E-state index contributed by atoms with van der Waals surface area (Å²) >= 11 is 19.1. The first-order valence-corrected chi connectivity index (χ1v) is 14.4. The van der Waals surface area contributed by atoms with E-state index in [4.69, 9.17) is 49.4 Å². The third-order valence-electron chi connectivity index (χ3n) is 6.52. The second kappa shape index (κ2) is 15.0. The zero-order chi connectivity index (χ0) is 31.9. The first kappa shape index (κ1) is 33.3. The van der Waals surface area contributed by atoms with E-state index in [1.807, 2.05) is 18.2 Å². The molecule has 0 atom stereocenters. The summed E-state index contributed by atoms with van der Waals surface area (Å²) < 4.78 is 38.8. The third-order valence-corrected chi connectivity index (χ3v) is 7.47. The molecule has 3 aromatic carbocycles. The number of anilines is 2. The van der Waals surface area contributed by atoms with Gasteiger partial charge in [-0.15, -0.1) is 0 Å². The van der Waals surface area contributed by atoms with Gasteiger partial charge in [0.25, 0.3) is 5.91 Å². The van der Waals surface area contributed by atoms with Crippen molar-refractivity contribution in [3.63, 3.8) is 0 Å². The van der Waals surface area contributed by atoms with Crippen molar-refractivity contribution >= 4 is 69.0 Å². The maximum atomic E-state index is 12.8. The molecule has 0 spiro atoms. The van der Waals surface area contributed by atoms with Gasteiger partial charge in [0.05, 0.1) is 51.4 Å². The largest absolute Gasteiger partial charge is 0.490 e. The van der Waals surface area contributed by atoms with Crippen LogP contribution in [0, 0.1) is 0 Å². The number of nitrogens with one attached hydrogen (secondary N) is 2. The first-order chi connectivity index (χ1) is 20.9. The number of ether oxygens (including phenoxy) is 1. The summed E-state index contributed by atoms with van der Waals surface area (Å²) in [4.78, 5) is 24.1. The van der Waals surface area contributed by atoms with Gasteiger partial charge in [-0.1, -0.05) is 40.9 Å². The van der Waals surface area contributed by atoms with Gasteiger partial charge < -0.3 is 20.5 Å². The number of aliphatic carboxylic acids is 1. The molecule has 4 aromatic rings. The second-order valence-electron chi connectivity index (χ2n) is 9.58. The van der Waals surface area contributed by atoms with E-state index < -0.39 is 12.1 Å². The number of morpholine rings is 1. The Bertz CT molecular complexity index is 1610. The van der Waals surface area contributed by atoms with Crippen LogP contribution >= 0.6 is 34.8 Å². The van der Waals surface area contributed by atoms with Gasteiger partial charge in [0.15, 0.2) is 0 Å². The molecule has 0 bridgehead atoms. The van der Waals surface area contributed by atoms with Crippen LogP contribution < -0.4 is 10.6 Å². The van der Waals surface area contributed by atoms with E-state index in [1.165, 1.54) is 0 Å². The van der Waals surface area contributed by atoms with E-state index >= 15 is 0 Å². The Balaban J connectivity index is 0.000000566. The molecule has 15 heteroatoms. The van der Waals surface area contributed by atoms with Gasteiger partial charge in [-0.05, 0) is 61.5 Å². The van der Waals surface area contributed by atoms with Crippen LogP contribution in [-0.4, -0.2) is 77.2 Å². The van der Waals surface area contributed by atoms with Crippen molar-refractivity contribution in [2.75, 3.05) is 44.7 Å². The lowest BCUT2D eigenvalue weighted by atomic mass is 10.1. The van der Waals surface area contributed by atoms with Crippen molar-refractivity contribution < 1.29 is 32.6 Å². The fourth-order valence-corrected chi connectivity index (χ4v) is 5.00. The molecular formula is C29H27Cl3F3N5O4. The SMILES string of the molecule is O=C(NCCCN1CCOCC1)c1ccc(Cl)c(-n2ncc3cc(Nc4c(Cl)cccc4Cl)ccc32)c1.O=C(O)C(F)(F)F. The molecule has 0 radical (unpaired) electrons. The van der Waals surface area contributed by atoms with E-state index in [1.54, 1.807) is 47.3 Å². The summed E-state index contributed by atoms with van der Waals surface area (Å²) in [5, 5.41) is 20.4. The number of fused-ring (bicyclic) bond motifs is 1. The van der Waals surface area contributed by atoms with Crippen molar-refractivity contribution in [3.8, 4) is 5.69 Å². The average molecular weight is 673 g/mol. The minimum atomic E-state index is -5.08. The summed E-state index contributed by atoms with van der Waals surface area (Å²) in [5.74, 6) is -2.90. The van der Waals surface area contributed by atoms with Crippen LogP contribution in [0.4, 0.5) is 24.5 Å². The molecule has 1 fully saturated rings. The molecule has 0 unspecified atom stereocenters. The molecule has 1 saturated heterocycles. The number of nitrogens with zero attached hydrogens (tertiary/aromatic N) is 3. The highest BCUT2D eigenvalue weighted by atomic mass is 35.5. The Morgan fingerprint density at radius 1 is 0.977 bits per heavy atom. The van der Waals surface area contributed by atoms with Gasteiger partial charge in [0.1, 0.15) is 0 Å². The van der Waals surface area contributed by atoms with Crippen LogP contribution in [0.2, 0.25) is 15.1 Å². The zero-order valence-corrected chi connectivity index (χ0v) is 25.3. The molecule has 5 rings (SSSR count). The number of aromatic nitrogens is 2. The number of halogens is 6. The number of hydrogen-bond donors (Lipinski definition) is 3. The van der Waals surface area contributed by atoms with E-state index in [9.17, 15) is 18.0 Å². The Morgan fingerprint density at radius 2 is 1.66 bits per heavy atom. The highest BCUT2D eigenvalue weighted by Crippen LogP contribution is 2.34. The molecule has 44 heavy (non-hydrogen) atoms. The van der Waals surface area contributed by atoms with Gasteiger partial charge in [-0.25, -0.2) is 9.48 Å². The number of carboxylic acid groups (broad SMARTS) is 1. The van der Waals surface area contributed by atoms with Crippen LogP contribution in [0.1, 0.15) is 16.8 Å². The van der Waals surface area contributed by atoms with E-state index in [0.29, 0.717) is 38.6 Å². The van der Waals surface area contributed by atoms with Gasteiger partial charge in [-0.3, -0.25) is 9.69 Å². The number of benzene rings is 3. The smallest absolute Gasteiger partial charge is 0.475 e. The first-order valence-electron chi connectivity index (χ1n) is 13.3. The van der Waals surface area contributed by atoms with Crippen molar-refractivity contribution in [2.45, 2.75) is 12.6 Å². The fraction of sp³-hybridized carbons (Fsp3) is 0.276. The number of alkyl halides is 3. The Hall–Kier alpha value is -3.55. The number of carboxylic acids is 1. The van der Waals surface area contributed by atoms with Crippen LogP contribution in [0.25, 0.3) is 16.6 Å². The summed E-state index contributed by atoms with van der Waals surface area (Å²) in [6.45, 7) is 4.97. The quantitative estimate of drug-likeness (QED) is 0.177. The van der Waals surface area contributed by atoms with Crippen LogP contribution in [0.15, 0.2) is 60.8 Å². The predicted molar refractivity (Wildman–Crippen MR) is 164 cm³/mol. The highest BCUT2D eigenvalue weighted by Gasteiger charge is 2.38. The van der Waals surface area contributed by atoms with Crippen molar-refractivity contribution in [1.29, 1.82) is 0 Å². The number of para-hydroxylation sites is 1. The lowest BCUT2D eigenvalue weighted by Crippen LogP contribution is -2.38. The van der Waals surface area contributed by atoms with Crippen molar-refractivity contribution in [1.82, 2.24) is 20.0 Å². The second-order valence-corrected chi connectivity index (χ2v) is 10.8. The van der Waals surface area contributed by atoms with Crippen LogP contribution in [-0.2, 0) is 9.53 Å². The third kappa shape index (κ3) is 8.76. The summed E-state index contributed by atoms with van der Waals surface area (Å²) in [6.07, 6.45) is -2.45. The maximum Gasteiger partial charge on any atom is 0.490 e. The molecule has 1 aliphatic heterocycles. The molecule has 2 heterocycles. The van der Waals surface area contributed by atoms with E-state index in [0.717, 1.165) is 55.9 Å². The number of hydrogen-bond acceptors (Lipinski definition) is 6. The maximum absolute atomic E-state index is 12.8. The summed E-state index contributed by atoms with van der Waals surface area (Å²) in [7, 11) is 0. The molecule has 1 aliphatic rings. The van der Waals surface area contributed by atoms with Gasteiger partial charge in [0.2, 0.25) is 0 Å². The minimum Gasteiger partial charge on any atom is -0.475 e. The number of amides is 1. The molecule has 0 saturated carbocycles. The summed E-state index contributed by atoms with van der Waals surface area (Å²) in [6, 6.07) is 16.4. The lowest BCUT2D eigenvalue weighted by Gasteiger charge is -2.26. The number of rotatable bonds is 8. The number of carbonyl (C=O) groups excluding carboxylic acids is 1. The molecule has 0 aliphatic carbocycles. The van der Waals surface area contributed by atoms with Crippen molar-refractivity contribution in [2.24, 2.45) is 0 Å². The molecule has 9 nitrogen and oxygen atoms in total. The van der Waals surface area contributed by atoms with Crippen molar-refractivity contribution in [3.05, 3.63) is 81.4 Å². The van der Waals surface area contributed by atoms with E-state index in [2.05, 4.69) is 20.6 Å². The monoisotopic (exact) mass is 671 g/mol. The molecule has 1 amide bonds. The predicted octanol–water partition coefficient (Wildman–Crippen LogP) is 6.81. The Kier molecular flexibility index (Phi) is 11.3. The van der Waals surface area contributed by atoms with Gasteiger partial charge >= 0.3 is 12.1 Å². The molecule has 3 N–H and O–H groups in total. The van der Waals surface area contributed by atoms with Crippen LogP contribution in [0.3, 0.4) is 0 Å². The van der Waals surface area contributed by atoms with Crippen LogP contribution in [0.5, 0.6) is 0 Å². The van der Waals surface area contributed by atoms with Gasteiger partial charge in [0, 0.05) is 36.3 Å². The molecular weight excluding hydrogens is 646 g/mol. The Labute approximate surface area is 265 Å². The fourth-order valence-electron chi connectivity index (χ4n) is 4.31. The lowest BCUT2D eigenvalue weighted by molar-refractivity contribution is -0.192.